The van der Waals surface area contributed by atoms with Crippen molar-refractivity contribution in [3.63, 3.8) is 0 Å². The molecule has 0 amide bonds. The van der Waals surface area contributed by atoms with E-state index in [9.17, 15) is 4.57 Å². The second-order valence-corrected chi connectivity index (χ2v) is 7.15. The van der Waals surface area contributed by atoms with Crippen molar-refractivity contribution >= 4 is 13.4 Å². The van der Waals surface area contributed by atoms with Crippen LogP contribution in [0, 0.1) is 0 Å². The second-order valence-electron chi connectivity index (χ2n) is 4.81. The van der Waals surface area contributed by atoms with Crippen molar-refractivity contribution in [3.8, 4) is 0 Å². The minimum Gasteiger partial charge on any atom is -0.297 e. The van der Waals surface area contributed by atoms with Crippen molar-refractivity contribution in [1.29, 1.82) is 0 Å². The number of rotatable bonds is 4. The number of aromatic nitrogens is 1. The molecule has 2 fully saturated rings. The molecule has 1 aromatic rings. The van der Waals surface area contributed by atoms with Gasteiger partial charge in [-0.3, -0.25) is 9.65 Å². The van der Waals surface area contributed by atoms with Gasteiger partial charge in [0.05, 0.1) is 0 Å². The number of pyridine rings is 1. The maximum absolute atomic E-state index is 13.0. The monoisotopic (exact) mass is 252 g/mol. The molecule has 2 aliphatic rings. The lowest BCUT2D eigenvalue weighted by atomic mass is 10.5. The Labute approximate surface area is 101 Å². The fourth-order valence-electron chi connectivity index (χ4n) is 2.06. The smallest absolute Gasteiger partial charge is 0.297 e. The predicted octanol–water partition coefficient (Wildman–Crippen LogP) is 2.01. The molecular formula is C11H17N4OP. The minimum atomic E-state index is -2.62. The molecule has 3 rings (SSSR count). The summed E-state index contributed by atoms with van der Waals surface area (Å²) in [6.45, 7) is 6.00. The third kappa shape index (κ3) is 1.99. The molecule has 3 heterocycles. The fraction of sp³-hybridized carbons (Fsp3) is 0.545. The quantitative estimate of drug-likeness (QED) is 0.656. The molecule has 2 unspecified atom stereocenters. The highest BCUT2D eigenvalue weighted by Crippen LogP contribution is 2.63. The highest BCUT2D eigenvalue weighted by atomic mass is 31.2. The van der Waals surface area contributed by atoms with Crippen LogP contribution in [0.5, 0.6) is 0 Å². The van der Waals surface area contributed by atoms with Gasteiger partial charge in [0.15, 0.2) is 0 Å². The number of hydrogen-bond acceptors (Lipinski definition) is 2. The lowest BCUT2D eigenvalue weighted by Gasteiger charge is -2.22. The summed E-state index contributed by atoms with van der Waals surface area (Å²) >= 11 is 0. The minimum absolute atomic E-state index is 0.407. The molecule has 0 aliphatic carbocycles. The summed E-state index contributed by atoms with van der Waals surface area (Å²) in [6, 6.07) is 6.43. The molecule has 0 spiro atoms. The van der Waals surface area contributed by atoms with E-state index in [-0.39, 0.29) is 0 Å². The van der Waals surface area contributed by atoms with Crippen molar-refractivity contribution in [2.75, 3.05) is 18.2 Å². The summed E-state index contributed by atoms with van der Waals surface area (Å²) in [6.07, 6.45) is 1.71. The number of nitrogens with zero attached hydrogens (tertiary/aromatic N) is 3. The number of hydrogen-bond donors (Lipinski definition) is 1. The Bertz CT molecular complexity index is 446. The van der Waals surface area contributed by atoms with Gasteiger partial charge in [-0.15, -0.1) is 0 Å². The molecule has 0 bridgehead atoms. The van der Waals surface area contributed by atoms with Gasteiger partial charge in [0, 0.05) is 31.4 Å². The Morgan fingerprint density at radius 3 is 2.29 bits per heavy atom. The average Bonchev–Trinajstić information content (AvgIpc) is 3.19. The Morgan fingerprint density at radius 1 is 1.29 bits per heavy atom. The van der Waals surface area contributed by atoms with Crippen LogP contribution >= 0.6 is 7.59 Å². The van der Waals surface area contributed by atoms with Crippen LogP contribution in [-0.4, -0.2) is 39.5 Å². The zero-order valence-electron chi connectivity index (χ0n) is 10.1. The van der Waals surface area contributed by atoms with Crippen molar-refractivity contribution in [2.24, 2.45) is 0 Å². The first kappa shape index (κ1) is 11.2. The Morgan fingerprint density at radius 2 is 1.88 bits per heavy atom. The van der Waals surface area contributed by atoms with Gasteiger partial charge in [0.2, 0.25) is 0 Å². The van der Waals surface area contributed by atoms with Crippen LogP contribution in [0.15, 0.2) is 24.4 Å². The SMILES string of the molecule is C[C@@H]1CN1P(=O)(Nc1ccccn1)N1C[C@H]1C. The van der Waals surface area contributed by atoms with E-state index in [1.807, 2.05) is 27.5 Å². The summed E-state index contributed by atoms with van der Waals surface area (Å²) in [5.41, 5.74) is 0. The van der Waals surface area contributed by atoms with Crippen molar-refractivity contribution in [3.05, 3.63) is 24.4 Å². The van der Waals surface area contributed by atoms with Gasteiger partial charge in [0.1, 0.15) is 5.82 Å². The molecule has 92 valence electrons. The van der Waals surface area contributed by atoms with Gasteiger partial charge in [-0.25, -0.2) is 14.3 Å². The van der Waals surface area contributed by atoms with Crippen LogP contribution in [0.2, 0.25) is 0 Å². The van der Waals surface area contributed by atoms with Gasteiger partial charge in [-0.05, 0) is 26.0 Å². The van der Waals surface area contributed by atoms with E-state index in [1.165, 1.54) is 0 Å². The Hall–Kier alpha value is -0.900. The molecule has 4 atom stereocenters. The van der Waals surface area contributed by atoms with Crippen molar-refractivity contribution < 1.29 is 4.57 Å². The topological polar surface area (TPSA) is 48.0 Å². The van der Waals surface area contributed by atoms with Gasteiger partial charge in [-0.2, -0.15) is 0 Å². The van der Waals surface area contributed by atoms with Gasteiger partial charge < -0.3 is 0 Å². The highest BCUT2D eigenvalue weighted by molar-refractivity contribution is 7.61. The van der Waals surface area contributed by atoms with Gasteiger partial charge >= 0.3 is 7.59 Å². The van der Waals surface area contributed by atoms with Crippen LogP contribution in [0.25, 0.3) is 0 Å². The zero-order chi connectivity index (χ0) is 12.0. The molecule has 0 radical (unpaired) electrons. The molecule has 2 aliphatic heterocycles. The van der Waals surface area contributed by atoms with E-state index in [0.717, 1.165) is 13.1 Å². The standard InChI is InChI=1S/C11H17N4OP/c1-9-7-14(9)17(16,15-8-10(15)2)13-11-5-3-4-6-12-11/h3-6,9-10H,7-8H2,1-2H3,(H,12,13,16)/t9-,10-,14?,15?,17?/m1/s1. The van der Waals surface area contributed by atoms with Crippen LogP contribution in [-0.2, 0) is 4.57 Å². The molecule has 6 heteroatoms. The van der Waals surface area contributed by atoms with Crippen LogP contribution in [0.3, 0.4) is 0 Å². The first-order chi connectivity index (χ1) is 8.11. The lowest BCUT2D eigenvalue weighted by molar-refractivity contribution is 0.511. The number of nitrogens with one attached hydrogen (secondary N) is 1. The van der Waals surface area contributed by atoms with Crippen LogP contribution in [0.4, 0.5) is 5.82 Å². The van der Waals surface area contributed by atoms with E-state index < -0.39 is 7.59 Å². The maximum atomic E-state index is 13.0. The van der Waals surface area contributed by atoms with E-state index in [1.54, 1.807) is 6.20 Å². The predicted molar refractivity (Wildman–Crippen MR) is 67.8 cm³/mol. The molecule has 1 N–H and O–H groups in total. The third-order valence-electron chi connectivity index (χ3n) is 3.27. The first-order valence-electron chi connectivity index (χ1n) is 5.95. The van der Waals surface area contributed by atoms with Crippen molar-refractivity contribution in [2.45, 2.75) is 25.9 Å². The summed E-state index contributed by atoms with van der Waals surface area (Å²) in [7, 11) is -2.62. The largest absolute Gasteiger partial charge is 0.310 e. The molecule has 17 heavy (non-hydrogen) atoms. The molecule has 5 nitrogen and oxygen atoms in total. The molecule has 0 saturated carbocycles. The van der Waals surface area contributed by atoms with Gasteiger partial charge in [0.25, 0.3) is 0 Å². The second kappa shape index (κ2) is 3.80. The van der Waals surface area contributed by atoms with E-state index in [4.69, 9.17) is 0 Å². The van der Waals surface area contributed by atoms with Crippen LogP contribution in [0.1, 0.15) is 13.8 Å². The van der Waals surface area contributed by atoms with E-state index in [2.05, 4.69) is 23.9 Å². The summed E-state index contributed by atoms with van der Waals surface area (Å²) in [4.78, 5) is 4.20. The highest BCUT2D eigenvalue weighted by Gasteiger charge is 2.55. The zero-order valence-corrected chi connectivity index (χ0v) is 11.0. The van der Waals surface area contributed by atoms with E-state index in [0.29, 0.717) is 17.9 Å². The Balaban J connectivity index is 1.83. The molecule has 1 aromatic heterocycles. The molecule has 0 aromatic carbocycles. The summed E-state index contributed by atoms with van der Waals surface area (Å²) < 4.78 is 17.1. The van der Waals surface area contributed by atoms with Crippen LogP contribution < -0.4 is 5.09 Å². The lowest BCUT2D eigenvalue weighted by Crippen LogP contribution is -2.15. The molecule has 2 saturated heterocycles. The maximum Gasteiger partial charge on any atom is 0.310 e. The number of anilines is 1. The van der Waals surface area contributed by atoms with E-state index >= 15 is 0 Å². The summed E-state index contributed by atoms with van der Waals surface area (Å²) in [5, 5.41) is 3.14. The van der Waals surface area contributed by atoms with Gasteiger partial charge in [-0.1, -0.05) is 6.07 Å². The average molecular weight is 252 g/mol. The summed E-state index contributed by atoms with van der Waals surface area (Å²) in [5.74, 6) is 0.689. The van der Waals surface area contributed by atoms with Crippen molar-refractivity contribution in [1.82, 2.24) is 14.3 Å². The normalized spacial score (nSPS) is 38.2. The fourth-order valence-corrected chi connectivity index (χ4v) is 5.02. The first-order valence-corrected chi connectivity index (χ1v) is 7.56. The Kier molecular flexibility index (Phi) is 2.51. The molecular weight excluding hydrogens is 235 g/mol. The third-order valence-corrected chi connectivity index (χ3v) is 6.30.